The molecule has 11 rings (SSSR count). The molecule has 0 fully saturated rings. The predicted octanol–water partition coefficient (Wildman–Crippen LogP) is 12.4. The second-order valence-corrected chi connectivity index (χ2v) is 16.9. The van der Waals surface area contributed by atoms with Gasteiger partial charge in [0.15, 0.2) is 0 Å². The number of benzene rings is 8. The van der Waals surface area contributed by atoms with Crippen LogP contribution >= 0.6 is 11.3 Å². The Morgan fingerprint density at radius 3 is 2.00 bits per heavy atom. The first-order chi connectivity index (χ1) is 26.9. The zero-order valence-corrected chi connectivity index (χ0v) is 31.8. The summed E-state index contributed by atoms with van der Waals surface area (Å²) in [4.78, 5) is 4.75. The number of thiophene rings is 1. The molecule has 2 aliphatic rings. The number of fused-ring (bicyclic) bond motifs is 8. The monoisotopic (exact) mass is 724 g/mol. The Morgan fingerprint density at radius 2 is 1.20 bits per heavy atom. The molecule has 0 saturated carbocycles. The minimum Gasteiger partial charge on any atom is -0.458 e. The molecule has 3 nitrogen and oxygen atoms in total. The Balaban J connectivity index is 1.04. The molecule has 1 aromatic heterocycles. The maximum Gasteiger partial charge on any atom is 0.256 e. The molecule has 262 valence electrons. The highest BCUT2D eigenvalue weighted by Crippen LogP contribution is 2.44. The number of nitrogens with zero attached hydrogens (tertiary/aromatic N) is 2. The van der Waals surface area contributed by atoms with Crippen LogP contribution in [0.5, 0.6) is 11.5 Å². The lowest BCUT2D eigenvalue weighted by atomic mass is 9.34. The molecule has 0 bridgehead atoms. The van der Waals surface area contributed by atoms with Crippen molar-refractivity contribution in [1.82, 2.24) is 0 Å². The first-order valence-electron chi connectivity index (χ1n) is 19.0. The Hall–Kier alpha value is -6.30. The topological polar surface area (TPSA) is 15.7 Å². The lowest BCUT2D eigenvalue weighted by Crippen LogP contribution is -2.59. The fraction of sp³-hybridized carbons (Fsp3) is 0.0800. The van der Waals surface area contributed by atoms with Crippen molar-refractivity contribution in [3.63, 3.8) is 0 Å². The summed E-state index contributed by atoms with van der Waals surface area (Å²) in [6.45, 7) is 6.87. The fourth-order valence-corrected chi connectivity index (χ4v) is 9.93. The van der Waals surface area contributed by atoms with Crippen molar-refractivity contribution in [1.29, 1.82) is 0 Å². The fourth-order valence-electron chi connectivity index (χ4n) is 8.76. The number of para-hydroxylation sites is 3. The highest BCUT2D eigenvalue weighted by atomic mass is 32.1. The molecule has 0 aliphatic carbocycles. The molecule has 0 saturated heterocycles. The van der Waals surface area contributed by atoms with E-state index in [4.69, 9.17) is 4.74 Å². The normalized spacial score (nSPS) is 13.1. The first kappa shape index (κ1) is 32.2. The van der Waals surface area contributed by atoms with Crippen molar-refractivity contribution in [2.45, 2.75) is 26.2 Å². The molecule has 0 spiro atoms. The molecule has 0 amide bonds. The third-order valence-corrected chi connectivity index (χ3v) is 12.5. The maximum absolute atomic E-state index is 6.86. The van der Waals surface area contributed by atoms with Gasteiger partial charge in [-0.2, -0.15) is 0 Å². The predicted molar refractivity (Wildman–Crippen MR) is 236 cm³/mol. The van der Waals surface area contributed by atoms with E-state index in [2.05, 4.69) is 200 Å². The molecular weight excluding hydrogens is 687 g/mol. The van der Waals surface area contributed by atoms with Gasteiger partial charge in [-0.05, 0) is 129 Å². The van der Waals surface area contributed by atoms with Gasteiger partial charge in [-0.25, -0.2) is 0 Å². The van der Waals surface area contributed by atoms with Crippen LogP contribution in [0, 0.1) is 0 Å². The summed E-state index contributed by atoms with van der Waals surface area (Å²) in [6.07, 6.45) is 0. The summed E-state index contributed by atoms with van der Waals surface area (Å²) in [5, 5.41) is 4.96. The minimum atomic E-state index is 0.0730. The van der Waals surface area contributed by atoms with E-state index in [9.17, 15) is 0 Å². The summed E-state index contributed by atoms with van der Waals surface area (Å²) in [6, 6.07) is 62.1. The number of hydrogen-bond donors (Lipinski definition) is 0. The lowest BCUT2D eigenvalue weighted by Gasteiger charge is -2.39. The average Bonchev–Trinajstić information content (AvgIpc) is 3.55. The van der Waals surface area contributed by atoms with E-state index in [0.717, 1.165) is 34.2 Å². The van der Waals surface area contributed by atoms with E-state index in [1.165, 1.54) is 64.3 Å². The van der Waals surface area contributed by atoms with Gasteiger partial charge in [0.2, 0.25) is 0 Å². The van der Waals surface area contributed by atoms with Gasteiger partial charge in [0, 0.05) is 54.3 Å². The third-order valence-electron chi connectivity index (χ3n) is 11.4. The van der Waals surface area contributed by atoms with Gasteiger partial charge in [-0.15, -0.1) is 11.3 Å². The molecule has 0 N–H and O–H groups in total. The van der Waals surface area contributed by atoms with E-state index in [1.807, 2.05) is 11.3 Å². The Labute approximate surface area is 325 Å². The van der Waals surface area contributed by atoms with Crippen molar-refractivity contribution < 1.29 is 4.74 Å². The lowest BCUT2D eigenvalue weighted by molar-refractivity contribution is 0.488. The molecule has 3 heterocycles. The van der Waals surface area contributed by atoms with Crippen LogP contribution in [-0.2, 0) is 5.41 Å². The van der Waals surface area contributed by atoms with Crippen LogP contribution in [0.4, 0.5) is 34.1 Å². The van der Waals surface area contributed by atoms with E-state index >= 15 is 0 Å². The molecule has 0 unspecified atom stereocenters. The van der Waals surface area contributed by atoms with Crippen LogP contribution in [0.15, 0.2) is 170 Å². The van der Waals surface area contributed by atoms with E-state index in [1.54, 1.807) is 0 Å². The molecule has 2 aliphatic heterocycles. The molecule has 55 heavy (non-hydrogen) atoms. The van der Waals surface area contributed by atoms with E-state index < -0.39 is 0 Å². The van der Waals surface area contributed by atoms with Crippen molar-refractivity contribution in [2.24, 2.45) is 0 Å². The van der Waals surface area contributed by atoms with Crippen molar-refractivity contribution >= 4 is 99.5 Å². The Morgan fingerprint density at radius 1 is 0.527 bits per heavy atom. The summed E-state index contributed by atoms with van der Waals surface area (Å²) in [7, 11) is 0. The van der Waals surface area contributed by atoms with Gasteiger partial charge >= 0.3 is 0 Å². The first-order valence-corrected chi connectivity index (χ1v) is 19.9. The van der Waals surface area contributed by atoms with Crippen molar-refractivity contribution in [2.75, 3.05) is 9.80 Å². The zero-order chi connectivity index (χ0) is 36.8. The van der Waals surface area contributed by atoms with Crippen molar-refractivity contribution in [3.8, 4) is 11.5 Å². The van der Waals surface area contributed by atoms with Gasteiger partial charge in [0.25, 0.3) is 6.71 Å². The van der Waals surface area contributed by atoms with Gasteiger partial charge in [0.05, 0.1) is 0 Å². The highest BCUT2D eigenvalue weighted by Gasteiger charge is 2.41. The second kappa shape index (κ2) is 12.1. The zero-order valence-electron chi connectivity index (χ0n) is 31.0. The van der Waals surface area contributed by atoms with Crippen LogP contribution in [0.3, 0.4) is 0 Å². The SMILES string of the molecule is CC(C)(C)c1ccc(N(c2ccccc2)c2ccc3cc4c(cc3c2)sc2cc3c(cc24)Oc2cccc4c2B3c2ccccc2N4c2ccccc2)cc1. The van der Waals surface area contributed by atoms with Crippen molar-refractivity contribution in [3.05, 3.63) is 175 Å². The highest BCUT2D eigenvalue weighted by molar-refractivity contribution is 7.26. The molecule has 9 aromatic rings. The molecule has 8 aromatic carbocycles. The molecule has 5 heteroatoms. The number of anilines is 6. The second-order valence-electron chi connectivity index (χ2n) is 15.8. The smallest absolute Gasteiger partial charge is 0.256 e. The van der Waals surface area contributed by atoms with Gasteiger partial charge in [-0.1, -0.05) is 99.6 Å². The number of hydrogen-bond acceptors (Lipinski definition) is 4. The van der Waals surface area contributed by atoms with E-state index in [0.29, 0.717) is 0 Å². The Bertz CT molecular complexity index is 2950. The van der Waals surface area contributed by atoms with Gasteiger partial charge in [0.1, 0.15) is 11.5 Å². The van der Waals surface area contributed by atoms with Crippen LogP contribution in [-0.4, -0.2) is 6.71 Å². The van der Waals surface area contributed by atoms with Crippen LogP contribution < -0.4 is 30.9 Å². The standard InChI is InChI=1S/C50H37BN2OS/c1-50(2,3)34-22-25-37(26-23-34)52(35-13-6-4-7-14-35)38-24-21-32-28-39-40-30-46-42(31-48(40)55-47(39)29-33(32)27-38)51-41-17-10-11-18-43(41)53(36-15-8-5-9-16-36)44-19-12-20-45(54-46)49(44)51/h4-31H,1-3H3. The average molecular weight is 725 g/mol. The summed E-state index contributed by atoms with van der Waals surface area (Å²) in [5.74, 6) is 1.87. The molecular formula is C50H37BN2OS. The number of rotatable bonds is 4. The van der Waals surface area contributed by atoms with Gasteiger partial charge < -0.3 is 14.5 Å². The quantitative estimate of drug-likeness (QED) is 0.168. The van der Waals surface area contributed by atoms with Crippen LogP contribution in [0.1, 0.15) is 26.3 Å². The third kappa shape index (κ3) is 5.11. The van der Waals surface area contributed by atoms with Gasteiger partial charge in [-0.3, -0.25) is 0 Å². The van der Waals surface area contributed by atoms with E-state index in [-0.39, 0.29) is 12.1 Å². The largest absolute Gasteiger partial charge is 0.458 e. The molecule has 0 atom stereocenters. The minimum absolute atomic E-state index is 0.0730. The summed E-state index contributed by atoms with van der Waals surface area (Å²) < 4.78 is 9.42. The molecule has 0 radical (unpaired) electrons. The maximum atomic E-state index is 6.86. The van der Waals surface area contributed by atoms with Crippen LogP contribution in [0.25, 0.3) is 30.9 Å². The summed E-state index contributed by atoms with van der Waals surface area (Å²) >= 11 is 1.88. The van der Waals surface area contributed by atoms with Crippen LogP contribution in [0.2, 0.25) is 0 Å². The number of ether oxygens (including phenoxy) is 1. The Kier molecular flexibility index (Phi) is 7.08. The summed E-state index contributed by atoms with van der Waals surface area (Å²) in [5.41, 5.74) is 12.1.